The third-order valence-corrected chi connectivity index (χ3v) is 6.59. The van der Waals surface area contributed by atoms with Crippen molar-refractivity contribution in [3.8, 4) is 0 Å². The Labute approximate surface area is 174 Å². The van der Waals surface area contributed by atoms with Crippen LogP contribution in [-0.4, -0.2) is 36.1 Å². The molecule has 30 heavy (non-hydrogen) atoms. The quantitative estimate of drug-likeness (QED) is 0.789. The molecule has 1 unspecified atom stereocenters. The summed E-state index contributed by atoms with van der Waals surface area (Å²) in [4.78, 5) is 14.9. The molecule has 0 saturated carbocycles. The molecule has 0 aliphatic carbocycles. The molecule has 0 saturated heterocycles. The molecule has 1 atom stereocenters. The first-order chi connectivity index (χ1) is 14.2. The van der Waals surface area contributed by atoms with Gasteiger partial charge in [0.25, 0.3) is 15.9 Å². The summed E-state index contributed by atoms with van der Waals surface area (Å²) in [6.07, 6.45) is 0.490. The van der Waals surface area contributed by atoms with Gasteiger partial charge in [0.15, 0.2) is 0 Å². The Balaban J connectivity index is 1.77. The highest BCUT2D eigenvalue weighted by Crippen LogP contribution is 2.36. The van der Waals surface area contributed by atoms with Gasteiger partial charge in [0.05, 0.1) is 10.9 Å². The van der Waals surface area contributed by atoms with Crippen molar-refractivity contribution < 1.29 is 22.7 Å². The minimum Gasteiger partial charge on any atom is -0.509 e. The van der Waals surface area contributed by atoms with E-state index in [2.05, 4.69) is 4.40 Å². The van der Waals surface area contributed by atoms with Gasteiger partial charge >= 0.3 is 0 Å². The van der Waals surface area contributed by atoms with Gasteiger partial charge in [-0.2, -0.15) is 12.8 Å². The predicted molar refractivity (Wildman–Crippen MR) is 110 cm³/mol. The van der Waals surface area contributed by atoms with Crippen LogP contribution >= 0.6 is 0 Å². The highest BCUT2D eigenvalue weighted by molar-refractivity contribution is 7.90. The number of hydrogen-bond donors (Lipinski definition) is 1. The largest absolute Gasteiger partial charge is 0.509 e. The van der Waals surface area contributed by atoms with Crippen LogP contribution in [0.5, 0.6) is 0 Å². The van der Waals surface area contributed by atoms with Crippen LogP contribution in [0.4, 0.5) is 4.39 Å². The number of amides is 1. The van der Waals surface area contributed by atoms with Gasteiger partial charge in [-0.25, -0.2) is 4.39 Å². The molecular weight excluding hydrogens is 407 g/mol. The Hall–Kier alpha value is -3.00. The molecule has 2 aliphatic heterocycles. The number of sulfonamides is 1. The third-order valence-electron chi connectivity index (χ3n) is 5.25. The Morgan fingerprint density at radius 3 is 2.47 bits per heavy atom. The normalized spacial score (nSPS) is 20.1. The molecule has 2 aromatic rings. The second-order valence-electron chi connectivity index (χ2n) is 7.88. The first-order valence-electron chi connectivity index (χ1n) is 9.62. The van der Waals surface area contributed by atoms with E-state index in [1.165, 1.54) is 23.1 Å². The molecule has 2 heterocycles. The van der Waals surface area contributed by atoms with E-state index in [0.29, 0.717) is 17.5 Å². The maximum absolute atomic E-state index is 13.3. The van der Waals surface area contributed by atoms with Crippen LogP contribution in [0.15, 0.2) is 69.2 Å². The summed E-state index contributed by atoms with van der Waals surface area (Å²) in [6.45, 7) is 4.10. The molecule has 8 heteroatoms. The van der Waals surface area contributed by atoms with Crippen molar-refractivity contribution in [1.29, 1.82) is 0 Å². The summed E-state index contributed by atoms with van der Waals surface area (Å²) < 4.78 is 42.0. The van der Waals surface area contributed by atoms with E-state index in [4.69, 9.17) is 0 Å². The van der Waals surface area contributed by atoms with E-state index in [1.807, 2.05) is 13.8 Å². The van der Waals surface area contributed by atoms with Crippen LogP contribution in [0.1, 0.15) is 31.4 Å². The van der Waals surface area contributed by atoms with Crippen molar-refractivity contribution in [3.63, 3.8) is 0 Å². The lowest BCUT2D eigenvalue weighted by molar-refractivity contribution is -0.127. The number of aliphatic hydroxyl groups excluding tert-OH is 1. The summed E-state index contributed by atoms with van der Waals surface area (Å²) in [5, 5.41) is 11.0. The maximum atomic E-state index is 13.3. The second kappa shape index (κ2) is 7.36. The van der Waals surface area contributed by atoms with E-state index in [9.17, 15) is 22.7 Å². The molecule has 0 aromatic heterocycles. The lowest BCUT2D eigenvalue weighted by Gasteiger charge is -2.26. The zero-order valence-electron chi connectivity index (χ0n) is 16.5. The molecule has 156 valence electrons. The first kappa shape index (κ1) is 20.3. The molecule has 4 rings (SSSR count). The average molecular weight is 428 g/mol. The summed E-state index contributed by atoms with van der Waals surface area (Å²) in [5.41, 5.74) is 0.896. The highest BCUT2D eigenvalue weighted by atomic mass is 32.2. The number of carbonyl (C=O) groups is 1. The van der Waals surface area contributed by atoms with Crippen LogP contribution in [0.2, 0.25) is 0 Å². The van der Waals surface area contributed by atoms with Crippen LogP contribution in [0.3, 0.4) is 0 Å². The van der Waals surface area contributed by atoms with Gasteiger partial charge in [0.1, 0.15) is 22.9 Å². The summed E-state index contributed by atoms with van der Waals surface area (Å²) in [5.74, 6) is -0.884. The highest BCUT2D eigenvalue weighted by Gasteiger charge is 2.44. The number of aliphatic hydroxyl groups is 1. The molecular formula is C22H21FN2O4S. The van der Waals surface area contributed by atoms with Crippen molar-refractivity contribution in [1.82, 2.24) is 4.90 Å². The van der Waals surface area contributed by atoms with Gasteiger partial charge in [-0.05, 0) is 36.1 Å². The van der Waals surface area contributed by atoms with E-state index in [-0.39, 0.29) is 40.2 Å². The van der Waals surface area contributed by atoms with Crippen molar-refractivity contribution in [2.24, 2.45) is 10.3 Å². The predicted octanol–water partition coefficient (Wildman–Crippen LogP) is 3.59. The molecule has 1 N–H and O–H groups in total. The zero-order valence-corrected chi connectivity index (χ0v) is 17.4. The SMILES string of the molecule is CC(C)CC1C(O)=C(C2=NS(=O)(=O)c3ccccc32)C(=O)N1Cc1ccc(F)cc1. The molecule has 1 amide bonds. The fourth-order valence-corrected chi connectivity index (χ4v) is 5.09. The Morgan fingerprint density at radius 1 is 1.13 bits per heavy atom. The molecule has 0 spiro atoms. The molecule has 0 fully saturated rings. The van der Waals surface area contributed by atoms with E-state index in [0.717, 1.165) is 0 Å². The molecule has 0 bridgehead atoms. The summed E-state index contributed by atoms with van der Waals surface area (Å²) in [6, 6.07) is 11.4. The van der Waals surface area contributed by atoms with Crippen LogP contribution in [0.25, 0.3) is 0 Å². The fraction of sp³-hybridized carbons (Fsp3) is 0.273. The second-order valence-corrected chi connectivity index (χ2v) is 9.45. The van der Waals surface area contributed by atoms with Crippen LogP contribution in [-0.2, 0) is 21.4 Å². The number of carbonyl (C=O) groups excluding carboxylic acids is 1. The fourth-order valence-electron chi connectivity index (χ4n) is 3.87. The van der Waals surface area contributed by atoms with Crippen molar-refractivity contribution in [2.75, 3.05) is 0 Å². The maximum Gasteiger partial charge on any atom is 0.283 e. The van der Waals surface area contributed by atoms with Crippen molar-refractivity contribution in [3.05, 3.63) is 76.8 Å². The Kier molecular flexibility index (Phi) is 4.97. The van der Waals surface area contributed by atoms with Gasteiger partial charge in [-0.1, -0.05) is 44.2 Å². The Bertz CT molecular complexity index is 1180. The van der Waals surface area contributed by atoms with Gasteiger partial charge in [-0.15, -0.1) is 0 Å². The number of hydrogen-bond acceptors (Lipinski definition) is 4. The smallest absolute Gasteiger partial charge is 0.283 e. The number of halogens is 1. The van der Waals surface area contributed by atoms with E-state index in [1.54, 1.807) is 30.3 Å². The van der Waals surface area contributed by atoms with E-state index >= 15 is 0 Å². The number of fused-ring (bicyclic) bond motifs is 1. The van der Waals surface area contributed by atoms with Crippen LogP contribution in [0, 0.1) is 11.7 Å². The van der Waals surface area contributed by atoms with Gasteiger partial charge in [-0.3, -0.25) is 4.79 Å². The lowest BCUT2D eigenvalue weighted by atomic mass is 9.98. The average Bonchev–Trinajstić information content (AvgIpc) is 3.08. The van der Waals surface area contributed by atoms with E-state index < -0.39 is 22.0 Å². The van der Waals surface area contributed by atoms with Crippen molar-refractivity contribution >= 4 is 21.6 Å². The standard InChI is InChI=1S/C22H21FN2O4S/c1-13(2)11-17-21(26)19(20-16-5-3-4-6-18(16)30(28,29)24-20)22(27)25(17)12-14-7-9-15(23)10-8-14/h3-10,13,17,26H,11-12H2,1-2H3. The minimum atomic E-state index is -3.93. The molecule has 6 nitrogen and oxygen atoms in total. The van der Waals surface area contributed by atoms with Crippen LogP contribution < -0.4 is 0 Å². The number of benzene rings is 2. The molecule has 2 aliphatic rings. The zero-order chi connectivity index (χ0) is 21.6. The third kappa shape index (κ3) is 3.41. The van der Waals surface area contributed by atoms with Gasteiger partial charge in [0, 0.05) is 12.1 Å². The number of rotatable bonds is 5. The number of nitrogens with zero attached hydrogens (tertiary/aromatic N) is 2. The molecule has 2 aromatic carbocycles. The minimum absolute atomic E-state index is 0.0190. The summed E-state index contributed by atoms with van der Waals surface area (Å²) in [7, 11) is -3.93. The van der Waals surface area contributed by atoms with Gasteiger partial charge < -0.3 is 10.0 Å². The summed E-state index contributed by atoms with van der Waals surface area (Å²) >= 11 is 0. The topological polar surface area (TPSA) is 87.0 Å². The molecule has 0 radical (unpaired) electrons. The van der Waals surface area contributed by atoms with Gasteiger partial charge in [0.2, 0.25) is 0 Å². The lowest BCUT2D eigenvalue weighted by Crippen LogP contribution is -2.36. The monoisotopic (exact) mass is 428 g/mol. The first-order valence-corrected chi connectivity index (χ1v) is 11.1. The van der Waals surface area contributed by atoms with Crippen molar-refractivity contribution in [2.45, 2.75) is 37.8 Å². The Morgan fingerprint density at radius 2 is 1.80 bits per heavy atom.